The first kappa shape index (κ1) is 14.2. The van der Waals surface area contributed by atoms with E-state index in [0.717, 1.165) is 5.70 Å². The first-order chi connectivity index (χ1) is 6.20. The molecule has 74 valence electrons. The maximum absolute atomic E-state index is 10.6. The number of amides is 1. The zero-order valence-electron chi connectivity index (χ0n) is 8.92. The number of hydrogen-bond acceptors (Lipinski definition) is 1. The lowest BCUT2D eigenvalue weighted by Gasteiger charge is -1.99. The summed E-state index contributed by atoms with van der Waals surface area (Å²) in [5.74, 6) is -0.0827. The molecule has 0 aromatic carbocycles. The molecule has 0 rings (SSSR count). The summed E-state index contributed by atoms with van der Waals surface area (Å²) in [5.41, 5.74) is 0.718. The monoisotopic (exact) mass is 181 g/mol. The number of carbonyl (C=O) groups excluding carboxylic acids is 1. The van der Waals surface area contributed by atoms with Crippen molar-refractivity contribution in [2.75, 3.05) is 0 Å². The van der Waals surface area contributed by atoms with Crippen LogP contribution < -0.4 is 5.32 Å². The highest BCUT2D eigenvalue weighted by molar-refractivity contribution is 5.75. The third-order valence-corrected chi connectivity index (χ3v) is 1.01. The number of carbonyl (C=O) groups is 1. The van der Waals surface area contributed by atoms with E-state index >= 15 is 0 Å². The van der Waals surface area contributed by atoms with Gasteiger partial charge in [-0.2, -0.15) is 0 Å². The Morgan fingerprint density at radius 2 is 1.92 bits per heavy atom. The van der Waals surface area contributed by atoms with Gasteiger partial charge in [-0.15, -0.1) is 0 Å². The molecule has 0 unspecified atom stereocenters. The van der Waals surface area contributed by atoms with Gasteiger partial charge < -0.3 is 5.32 Å². The predicted octanol–water partition coefficient (Wildman–Crippen LogP) is 2.79. The van der Waals surface area contributed by atoms with Crippen LogP contribution in [0.4, 0.5) is 0 Å². The highest BCUT2D eigenvalue weighted by Gasteiger charge is 1.90. The lowest BCUT2D eigenvalue weighted by molar-refractivity contribution is -0.118. The van der Waals surface area contributed by atoms with Crippen molar-refractivity contribution in [2.24, 2.45) is 0 Å². The van der Waals surface area contributed by atoms with Crippen LogP contribution in [0.3, 0.4) is 0 Å². The van der Waals surface area contributed by atoms with Gasteiger partial charge in [-0.25, -0.2) is 0 Å². The van der Waals surface area contributed by atoms with Gasteiger partial charge in [0.05, 0.1) is 0 Å². The van der Waals surface area contributed by atoms with Crippen molar-refractivity contribution in [3.05, 3.63) is 36.6 Å². The highest BCUT2D eigenvalue weighted by Crippen LogP contribution is 1.90. The van der Waals surface area contributed by atoms with Gasteiger partial charge in [-0.3, -0.25) is 4.79 Å². The van der Waals surface area contributed by atoms with Crippen LogP contribution >= 0.6 is 0 Å². The standard InChI is InChI=1S/C9H13NO.C2H6/c1-4-6-7-9(5-2)10-8(3)11;1-2/h4-7H,2H2,1,3H3,(H,10,11);1-2H3/b6-4-,9-7+;. The number of allylic oxidation sites excluding steroid dienone is 4. The third-order valence-electron chi connectivity index (χ3n) is 1.01. The molecule has 1 N–H and O–H groups in total. The molecule has 0 spiro atoms. The molecule has 2 nitrogen and oxygen atoms in total. The summed E-state index contributed by atoms with van der Waals surface area (Å²) < 4.78 is 0. The van der Waals surface area contributed by atoms with E-state index in [9.17, 15) is 4.79 Å². The van der Waals surface area contributed by atoms with Gasteiger partial charge in [0.1, 0.15) is 0 Å². The fraction of sp³-hybridized carbons (Fsp3) is 0.364. The molecule has 0 radical (unpaired) electrons. The summed E-state index contributed by atoms with van der Waals surface area (Å²) in [5, 5.41) is 2.62. The first-order valence-corrected chi connectivity index (χ1v) is 4.43. The lowest BCUT2D eigenvalue weighted by atomic mass is 10.3. The van der Waals surface area contributed by atoms with Crippen molar-refractivity contribution in [1.82, 2.24) is 5.32 Å². The van der Waals surface area contributed by atoms with E-state index in [1.165, 1.54) is 6.92 Å². The number of hydrogen-bond donors (Lipinski definition) is 1. The quantitative estimate of drug-likeness (QED) is 0.666. The molecule has 0 aliphatic heterocycles. The molecule has 0 bridgehead atoms. The maximum atomic E-state index is 10.6. The number of rotatable bonds is 3. The van der Waals surface area contributed by atoms with E-state index in [0.29, 0.717) is 0 Å². The van der Waals surface area contributed by atoms with E-state index in [1.807, 2.05) is 32.9 Å². The second-order valence-electron chi connectivity index (χ2n) is 2.03. The summed E-state index contributed by atoms with van der Waals surface area (Å²) >= 11 is 0. The Morgan fingerprint density at radius 1 is 1.38 bits per heavy atom. The van der Waals surface area contributed by atoms with Gasteiger partial charge in [0.15, 0.2) is 0 Å². The maximum Gasteiger partial charge on any atom is 0.221 e. The van der Waals surface area contributed by atoms with Crippen LogP contribution in [0, 0.1) is 0 Å². The fourth-order valence-electron chi connectivity index (χ4n) is 0.564. The van der Waals surface area contributed by atoms with Gasteiger partial charge in [0, 0.05) is 12.6 Å². The minimum atomic E-state index is -0.0827. The van der Waals surface area contributed by atoms with Crippen LogP contribution in [0.1, 0.15) is 27.7 Å². The van der Waals surface area contributed by atoms with Gasteiger partial charge in [0.25, 0.3) is 0 Å². The third kappa shape index (κ3) is 10.7. The summed E-state index contributed by atoms with van der Waals surface area (Å²) in [6.45, 7) is 10.9. The summed E-state index contributed by atoms with van der Waals surface area (Å²) in [7, 11) is 0. The fourth-order valence-corrected chi connectivity index (χ4v) is 0.564. The van der Waals surface area contributed by atoms with Crippen LogP contribution in [0.5, 0.6) is 0 Å². The molecule has 2 heteroatoms. The Hall–Kier alpha value is -1.31. The molecule has 13 heavy (non-hydrogen) atoms. The van der Waals surface area contributed by atoms with Crippen molar-refractivity contribution in [3.8, 4) is 0 Å². The molecule has 0 saturated carbocycles. The molecule has 0 aliphatic rings. The molecule has 0 heterocycles. The van der Waals surface area contributed by atoms with E-state index in [4.69, 9.17) is 0 Å². The molecule has 0 aromatic rings. The Morgan fingerprint density at radius 3 is 2.23 bits per heavy atom. The lowest BCUT2D eigenvalue weighted by Crippen LogP contribution is -2.17. The van der Waals surface area contributed by atoms with Gasteiger partial charge in [0.2, 0.25) is 5.91 Å². The first-order valence-electron chi connectivity index (χ1n) is 4.43. The molecule has 0 aliphatic carbocycles. The normalized spacial score (nSPS) is 10.3. The molecular formula is C11H19NO. The van der Waals surface area contributed by atoms with Gasteiger partial charge in [-0.1, -0.05) is 32.6 Å². The molecule has 0 aromatic heterocycles. The zero-order chi connectivity index (χ0) is 10.7. The summed E-state index contributed by atoms with van der Waals surface area (Å²) in [4.78, 5) is 10.6. The predicted molar refractivity (Wildman–Crippen MR) is 58.3 cm³/mol. The summed E-state index contributed by atoms with van der Waals surface area (Å²) in [6, 6.07) is 0. The van der Waals surface area contributed by atoms with Crippen molar-refractivity contribution in [3.63, 3.8) is 0 Å². The van der Waals surface area contributed by atoms with Crippen LogP contribution in [0.25, 0.3) is 0 Å². The average molecular weight is 181 g/mol. The smallest absolute Gasteiger partial charge is 0.221 e. The minimum Gasteiger partial charge on any atom is -0.326 e. The molecule has 0 saturated heterocycles. The SMILES string of the molecule is C=C/C(=C\C=C/C)NC(C)=O.CC. The van der Waals surface area contributed by atoms with Crippen molar-refractivity contribution in [1.29, 1.82) is 0 Å². The second-order valence-corrected chi connectivity index (χ2v) is 2.03. The Labute approximate surface area is 81.0 Å². The van der Waals surface area contributed by atoms with Crippen molar-refractivity contribution < 1.29 is 4.79 Å². The Kier molecular flexibility index (Phi) is 11.7. The van der Waals surface area contributed by atoms with Crippen LogP contribution in [0.15, 0.2) is 36.6 Å². The van der Waals surface area contributed by atoms with Crippen LogP contribution in [0.2, 0.25) is 0 Å². The number of nitrogens with one attached hydrogen (secondary N) is 1. The largest absolute Gasteiger partial charge is 0.326 e. The second kappa shape index (κ2) is 10.7. The molecule has 0 fully saturated rings. The van der Waals surface area contributed by atoms with Gasteiger partial charge in [-0.05, 0) is 19.1 Å². The molecule has 1 amide bonds. The minimum absolute atomic E-state index is 0.0827. The van der Waals surface area contributed by atoms with E-state index in [-0.39, 0.29) is 5.91 Å². The van der Waals surface area contributed by atoms with Gasteiger partial charge >= 0.3 is 0 Å². The average Bonchev–Trinajstić information content (AvgIpc) is 2.15. The topological polar surface area (TPSA) is 29.1 Å². The molecule has 0 atom stereocenters. The van der Waals surface area contributed by atoms with Crippen LogP contribution in [-0.2, 0) is 4.79 Å². The highest BCUT2D eigenvalue weighted by atomic mass is 16.1. The van der Waals surface area contributed by atoms with Crippen LogP contribution in [-0.4, -0.2) is 5.91 Å². The Bertz CT molecular complexity index is 202. The van der Waals surface area contributed by atoms with E-state index in [1.54, 1.807) is 12.2 Å². The van der Waals surface area contributed by atoms with E-state index in [2.05, 4.69) is 11.9 Å². The summed E-state index contributed by atoms with van der Waals surface area (Å²) in [6.07, 6.45) is 7.11. The van der Waals surface area contributed by atoms with E-state index < -0.39 is 0 Å². The zero-order valence-corrected chi connectivity index (χ0v) is 8.92. The van der Waals surface area contributed by atoms with Crippen molar-refractivity contribution in [2.45, 2.75) is 27.7 Å². The Balaban J connectivity index is 0. The molecular weight excluding hydrogens is 162 g/mol. The van der Waals surface area contributed by atoms with Crippen molar-refractivity contribution >= 4 is 5.91 Å².